The predicted molar refractivity (Wildman–Crippen MR) is 344 cm³/mol. The van der Waals surface area contributed by atoms with Gasteiger partial charge < -0.3 is 0 Å². The van der Waals surface area contributed by atoms with Gasteiger partial charge in [0, 0.05) is 0 Å². The van der Waals surface area contributed by atoms with Crippen molar-refractivity contribution in [1.82, 2.24) is 0 Å². The van der Waals surface area contributed by atoms with Crippen LogP contribution in [-0.2, 0) is 0 Å². The van der Waals surface area contributed by atoms with E-state index < -0.39 is 0 Å². The Morgan fingerprint density at radius 3 is 0.338 bits per heavy atom. The van der Waals surface area contributed by atoms with Crippen molar-refractivity contribution in [3.8, 4) is 0 Å². The normalized spacial score (nSPS) is 12.6. The Hall–Kier alpha value is 0. The zero-order valence-electron chi connectivity index (χ0n) is 53.2. The van der Waals surface area contributed by atoms with E-state index in [-0.39, 0.29) is 0 Å². The highest BCUT2D eigenvalue weighted by Crippen LogP contribution is 2.24. The molecule has 74 heavy (non-hydrogen) atoms. The number of rotatable bonds is 69. The molecule has 0 saturated carbocycles. The zero-order valence-corrected chi connectivity index (χ0v) is 53.2. The first kappa shape index (κ1) is 74.0. The Morgan fingerprint density at radius 1 is 0.135 bits per heavy atom. The van der Waals surface area contributed by atoms with Gasteiger partial charge in [0.15, 0.2) is 0 Å². The quantitative estimate of drug-likeness (QED) is 0.0533. The van der Waals surface area contributed by atoms with Gasteiger partial charge in [0.05, 0.1) is 0 Å². The third kappa shape index (κ3) is 68.1. The highest BCUT2D eigenvalue weighted by molar-refractivity contribution is 4.62. The Bertz CT molecular complexity index is 919. The molecule has 0 amide bonds. The molecular formula is C74H150. The molecule has 0 aromatic carbocycles. The summed E-state index contributed by atoms with van der Waals surface area (Å²) in [6.45, 7) is 9.70. The molecule has 0 fully saturated rings. The van der Waals surface area contributed by atoms with Gasteiger partial charge in [-0.25, -0.2) is 0 Å². The summed E-state index contributed by atoms with van der Waals surface area (Å²) in [4.78, 5) is 0. The van der Waals surface area contributed by atoms with Crippen molar-refractivity contribution in [2.24, 2.45) is 11.8 Å². The van der Waals surface area contributed by atoms with Crippen LogP contribution in [0.5, 0.6) is 0 Å². The number of hydrogen-bond donors (Lipinski definition) is 0. The predicted octanol–water partition coefficient (Wildman–Crippen LogP) is 28.8. The topological polar surface area (TPSA) is 0 Å². The second kappa shape index (κ2) is 69.1. The van der Waals surface area contributed by atoms with Gasteiger partial charge in [0.1, 0.15) is 0 Å². The van der Waals surface area contributed by atoms with E-state index in [4.69, 9.17) is 0 Å². The van der Waals surface area contributed by atoms with Crippen LogP contribution in [0.2, 0.25) is 0 Å². The first-order valence-corrected chi connectivity index (χ1v) is 36.7. The maximum Gasteiger partial charge on any atom is -0.0440 e. The minimum atomic E-state index is 0.939. The molecule has 0 heterocycles. The van der Waals surface area contributed by atoms with Crippen molar-refractivity contribution in [2.45, 2.75) is 464 Å². The van der Waals surface area contributed by atoms with Crippen LogP contribution in [0.3, 0.4) is 0 Å². The van der Waals surface area contributed by atoms with Gasteiger partial charge in [-0.05, 0) is 18.3 Å². The van der Waals surface area contributed by atoms with E-state index in [1.165, 1.54) is 437 Å². The fourth-order valence-electron chi connectivity index (χ4n) is 12.8. The molecule has 0 radical (unpaired) electrons. The SMILES string of the molecule is CCCCCCCCCCCCCCCCCCCCCCCCCCCCCCCCCCCCCCCCCCCCCCCCCCCCCCCC(C)CC(C)CCCCCCCCCCCCCC. The maximum absolute atomic E-state index is 2.53. The van der Waals surface area contributed by atoms with Gasteiger partial charge in [0.25, 0.3) is 0 Å². The van der Waals surface area contributed by atoms with Crippen LogP contribution in [0.1, 0.15) is 464 Å². The molecule has 0 aromatic rings. The second-order valence-corrected chi connectivity index (χ2v) is 26.3. The molecule has 0 spiro atoms. The first-order chi connectivity index (χ1) is 36.7. The summed E-state index contributed by atoms with van der Waals surface area (Å²) in [5, 5.41) is 0. The van der Waals surface area contributed by atoms with Gasteiger partial charge in [-0.3, -0.25) is 0 Å². The molecule has 446 valence electrons. The zero-order chi connectivity index (χ0) is 53.2. The summed E-state index contributed by atoms with van der Waals surface area (Å²) in [5.74, 6) is 1.88. The summed E-state index contributed by atoms with van der Waals surface area (Å²) in [5.41, 5.74) is 0. The molecule has 0 heteroatoms. The molecule has 0 rings (SSSR count). The van der Waals surface area contributed by atoms with Crippen LogP contribution in [0.25, 0.3) is 0 Å². The molecule has 2 atom stereocenters. The lowest BCUT2D eigenvalue weighted by atomic mass is 9.89. The van der Waals surface area contributed by atoms with Crippen molar-refractivity contribution in [3.63, 3.8) is 0 Å². The lowest BCUT2D eigenvalue weighted by Gasteiger charge is -2.17. The second-order valence-electron chi connectivity index (χ2n) is 26.3. The van der Waals surface area contributed by atoms with Crippen molar-refractivity contribution in [1.29, 1.82) is 0 Å². The van der Waals surface area contributed by atoms with E-state index in [0.29, 0.717) is 0 Å². The van der Waals surface area contributed by atoms with Gasteiger partial charge in [0.2, 0.25) is 0 Å². The standard InChI is InChI=1S/C74H150/c1-5-7-9-11-13-15-17-19-20-21-22-23-24-25-26-27-28-29-30-31-32-33-34-35-36-37-38-39-40-41-42-43-44-45-46-47-48-49-50-51-52-53-54-55-56-57-58-59-61-63-65-67-69-71-74(4)72-73(3)70-68-66-64-62-60-18-16-14-12-10-8-6-2/h73-74H,5-72H2,1-4H3. The van der Waals surface area contributed by atoms with Gasteiger partial charge in [-0.15, -0.1) is 0 Å². The third-order valence-corrected chi connectivity index (χ3v) is 18.2. The molecule has 0 aliphatic carbocycles. The van der Waals surface area contributed by atoms with Crippen molar-refractivity contribution in [3.05, 3.63) is 0 Å². The highest BCUT2D eigenvalue weighted by Gasteiger charge is 2.09. The molecule has 0 aliphatic heterocycles. The van der Waals surface area contributed by atoms with E-state index in [1.54, 1.807) is 0 Å². The van der Waals surface area contributed by atoms with Crippen LogP contribution < -0.4 is 0 Å². The van der Waals surface area contributed by atoms with E-state index >= 15 is 0 Å². The molecule has 0 nitrogen and oxygen atoms in total. The summed E-state index contributed by atoms with van der Waals surface area (Å²) >= 11 is 0. The number of unbranched alkanes of at least 4 members (excludes halogenated alkanes) is 63. The van der Waals surface area contributed by atoms with Gasteiger partial charge in [-0.2, -0.15) is 0 Å². The van der Waals surface area contributed by atoms with E-state index in [2.05, 4.69) is 27.7 Å². The molecule has 0 N–H and O–H groups in total. The minimum absolute atomic E-state index is 0.939. The van der Waals surface area contributed by atoms with Crippen LogP contribution in [0.4, 0.5) is 0 Å². The van der Waals surface area contributed by atoms with E-state index in [1.807, 2.05) is 0 Å². The Kier molecular flexibility index (Phi) is 69.1. The van der Waals surface area contributed by atoms with Crippen LogP contribution >= 0.6 is 0 Å². The van der Waals surface area contributed by atoms with E-state index in [0.717, 1.165) is 11.8 Å². The maximum atomic E-state index is 2.53. The fraction of sp³-hybridized carbons (Fsp3) is 1.00. The third-order valence-electron chi connectivity index (χ3n) is 18.2. The summed E-state index contributed by atoms with van der Waals surface area (Å²) in [6, 6.07) is 0. The fourth-order valence-corrected chi connectivity index (χ4v) is 12.8. The molecular weight excluding hydrogens is 889 g/mol. The molecule has 2 unspecified atom stereocenters. The van der Waals surface area contributed by atoms with Gasteiger partial charge >= 0.3 is 0 Å². The van der Waals surface area contributed by atoms with E-state index in [9.17, 15) is 0 Å². The summed E-state index contributed by atoms with van der Waals surface area (Å²) < 4.78 is 0. The highest BCUT2D eigenvalue weighted by atomic mass is 14.2. The Labute approximate surface area is 473 Å². The lowest BCUT2D eigenvalue weighted by molar-refractivity contribution is 0.356. The van der Waals surface area contributed by atoms with Crippen molar-refractivity contribution in [2.75, 3.05) is 0 Å². The van der Waals surface area contributed by atoms with Crippen LogP contribution in [0.15, 0.2) is 0 Å². The lowest BCUT2D eigenvalue weighted by Crippen LogP contribution is -2.03. The number of hydrogen-bond acceptors (Lipinski definition) is 0. The molecule has 0 bridgehead atoms. The van der Waals surface area contributed by atoms with Gasteiger partial charge in [-0.1, -0.05) is 458 Å². The largest absolute Gasteiger partial charge is 0.0654 e. The molecule has 0 aliphatic rings. The van der Waals surface area contributed by atoms with Crippen LogP contribution in [0, 0.1) is 11.8 Å². The monoisotopic (exact) mass is 1040 g/mol. The average Bonchev–Trinajstić information content (AvgIpc) is 3.40. The molecule has 0 saturated heterocycles. The average molecular weight is 1040 g/mol. The smallest absolute Gasteiger partial charge is 0.0440 e. The van der Waals surface area contributed by atoms with Crippen molar-refractivity contribution < 1.29 is 0 Å². The first-order valence-electron chi connectivity index (χ1n) is 36.7. The summed E-state index contributed by atoms with van der Waals surface area (Å²) in [7, 11) is 0. The molecule has 0 aromatic heterocycles. The Morgan fingerprint density at radius 2 is 0.230 bits per heavy atom. The van der Waals surface area contributed by atoms with Crippen LogP contribution in [-0.4, -0.2) is 0 Å². The Balaban J connectivity index is 3.15. The van der Waals surface area contributed by atoms with Crippen molar-refractivity contribution >= 4 is 0 Å². The minimum Gasteiger partial charge on any atom is -0.0654 e. The summed E-state index contributed by atoms with van der Waals surface area (Å²) in [6.07, 6.45) is 101.